The minimum atomic E-state index is -1.39. The van der Waals surface area contributed by atoms with Crippen LogP contribution >= 0.6 is 0 Å². The lowest BCUT2D eigenvalue weighted by atomic mass is 10.1. The van der Waals surface area contributed by atoms with Crippen molar-refractivity contribution in [3.8, 4) is 0 Å². The normalized spacial score (nSPS) is 24.3. The largest absolute Gasteiger partial charge is 0.463 e. The van der Waals surface area contributed by atoms with E-state index in [2.05, 4.69) is 4.98 Å². The summed E-state index contributed by atoms with van der Waals surface area (Å²) in [4.78, 5) is 49.4. The van der Waals surface area contributed by atoms with E-state index in [-0.39, 0.29) is 6.61 Å². The highest BCUT2D eigenvalue weighted by atomic mass is 19.1. The number of nitrogens with zero attached hydrogens (tertiary/aromatic N) is 2. The van der Waals surface area contributed by atoms with Crippen molar-refractivity contribution in [3.63, 3.8) is 0 Å². The van der Waals surface area contributed by atoms with Gasteiger partial charge >= 0.3 is 23.6 Å². The molecule has 1 aliphatic rings. The number of nitrogens with two attached hydrogens (primary N) is 1. The highest BCUT2D eigenvalue weighted by molar-refractivity contribution is 5.68. The molecule has 27 heavy (non-hydrogen) atoms. The van der Waals surface area contributed by atoms with Crippen LogP contribution in [0.2, 0.25) is 0 Å². The Bertz CT molecular complexity index is 811. The maximum absolute atomic E-state index is 13.8. The molecule has 0 aromatic carbocycles. The van der Waals surface area contributed by atoms with E-state index in [0.29, 0.717) is 4.57 Å². The average Bonchev–Trinajstić information content (AvgIpc) is 2.85. The van der Waals surface area contributed by atoms with E-state index in [1.165, 1.54) is 0 Å². The van der Waals surface area contributed by atoms with Crippen molar-refractivity contribution < 1.29 is 37.7 Å². The van der Waals surface area contributed by atoms with Crippen LogP contribution in [0.4, 0.5) is 10.2 Å². The van der Waals surface area contributed by atoms with Crippen LogP contribution in [0.5, 0.6) is 0 Å². The van der Waals surface area contributed by atoms with E-state index in [1.807, 2.05) is 0 Å². The summed E-state index contributed by atoms with van der Waals surface area (Å²) in [5.74, 6) is -3.76. The van der Waals surface area contributed by atoms with Crippen molar-refractivity contribution in [2.75, 3.05) is 12.3 Å². The van der Waals surface area contributed by atoms with Crippen LogP contribution < -0.4 is 11.4 Å². The Hall–Kier alpha value is -3.02. The second kappa shape index (κ2) is 8.12. The Labute approximate surface area is 152 Å². The summed E-state index contributed by atoms with van der Waals surface area (Å²) in [7, 11) is 0. The van der Waals surface area contributed by atoms with Crippen LogP contribution in [0, 0.1) is 5.82 Å². The van der Waals surface area contributed by atoms with E-state index in [1.54, 1.807) is 0 Å². The van der Waals surface area contributed by atoms with Gasteiger partial charge in [0.05, 0.1) is 6.20 Å². The molecule has 2 N–H and O–H groups in total. The fourth-order valence-corrected chi connectivity index (χ4v) is 2.56. The van der Waals surface area contributed by atoms with Gasteiger partial charge in [0.1, 0.15) is 12.7 Å². The maximum atomic E-state index is 13.8. The molecule has 12 heteroatoms. The molecule has 0 aliphatic carbocycles. The van der Waals surface area contributed by atoms with E-state index in [4.69, 9.17) is 24.7 Å². The van der Waals surface area contributed by atoms with Gasteiger partial charge in [-0.05, 0) is 0 Å². The third-order valence-corrected chi connectivity index (χ3v) is 3.55. The Morgan fingerprint density at radius 3 is 2.33 bits per heavy atom. The minimum absolute atomic E-state index is 0.360. The fourth-order valence-electron chi connectivity index (χ4n) is 2.56. The molecule has 2 heterocycles. The Morgan fingerprint density at radius 1 is 1.19 bits per heavy atom. The maximum Gasteiger partial charge on any atom is 0.351 e. The molecule has 1 aromatic rings. The number of anilines is 1. The monoisotopic (exact) mass is 387 g/mol. The van der Waals surface area contributed by atoms with Gasteiger partial charge in [0, 0.05) is 20.8 Å². The smallest absolute Gasteiger partial charge is 0.351 e. The average molecular weight is 387 g/mol. The molecule has 1 fully saturated rings. The summed E-state index contributed by atoms with van der Waals surface area (Å²) >= 11 is 0. The van der Waals surface area contributed by atoms with Crippen molar-refractivity contribution >= 4 is 23.7 Å². The second-order valence-corrected chi connectivity index (χ2v) is 5.68. The van der Waals surface area contributed by atoms with Gasteiger partial charge in [0.2, 0.25) is 0 Å². The van der Waals surface area contributed by atoms with Crippen LogP contribution in [0.15, 0.2) is 11.0 Å². The Kier molecular flexibility index (Phi) is 6.10. The molecule has 1 saturated heterocycles. The van der Waals surface area contributed by atoms with Crippen LogP contribution in [0.1, 0.15) is 27.0 Å². The first kappa shape index (κ1) is 20.3. The lowest BCUT2D eigenvalue weighted by Crippen LogP contribution is -2.42. The van der Waals surface area contributed by atoms with Crippen LogP contribution in [0.25, 0.3) is 0 Å². The number of rotatable bonds is 5. The number of aromatic nitrogens is 2. The van der Waals surface area contributed by atoms with Gasteiger partial charge in [-0.3, -0.25) is 19.0 Å². The summed E-state index contributed by atoms with van der Waals surface area (Å²) in [5, 5.41) is 0. The molecule has 0 spiro atoms. The van der Waals surface area contributed by atoms with Crippen molar-refractivity contribution in [2.24, 2.45) is 0 Å². The first-order chi connectivity index (χ1) is 12.6. The molecule has 0 amide bonds. The van der Waals surface area contributed by atoms with E-state index in [0.717, 1.165) is 27.0 Å². The molecule has 148 valence electrons. The summed E-state index contributed by atoms with van der Waals surface area (Å²) in [5.41, 5.74) is 4.27. The first-order valence-electron chi connectivity index (χ1n) is 7.77. The number of ether oxygens (including phenoxy) is 4. The van der Waals surface area contributed by atoms with Gasteiger partial charge in [0.25, 0.3) is 0 Å². The number of halogens is 1. The topological polar surface area (TPSA) is 149 Å². The lowest BCUT2D eigenvalue weighted by molar-refractivity contribution is -0.166. The standard InChI is InChI=1S/C15H18FN3O8/c1-6(20)24-5-10-11(25-7(2)21)12(26-8(3)22)14(27-10)19-4-9(16)13(17)18-15(19)23/h4,10-12,14H,5H2,1-3H3,(H2,17,18,23)/t10-,11-,12+,14-/m1/s1. The zero-order valence-electron chi connectivity index (χ0n) is 14.7. The lowest BCUT2D eigenvalue weighted by Gasteiger charge is -2.23. The second-order valence-electron chi connectivity index (χ2n) is 5.68. The first-order valence-corrected chi connectivity index (χ1v) is 7.77. The zero-order valence-corrected chi connectivity index (χ0v) is 14.7. The molecule has 4 atom stereocenters. The van der Waals surface area contributed by atoms with Gasteiger partial charge in [-0.2, -0.15) is 4.98 Å². The number of hydrogen-bond donors (Lipinski definition) is 1. The molecule has 0 saturated carbocycles. The zero-order chi connectivity index (χ0) is 20.3. The van der Waals surface area contributed by atoms with E-state index in [9.17, 15) is 23.6 Å². The van der Waals surface area contributed by atoms with Crippen molar-refractivity contribution in [1.82, 2.24) is 9.55 Å². The minimum Gasteiger partial charge on any atom is -0.463 e. The Balaban J connectivity index is 2.45. The predicted molar refractivity (Wildman–Crippen MR) is 84.5 cm³/mol. The highest BCUT2D eigenvalue weighted by Gasteiger charge is 2.51. The highest BCUT2D eigenvalue weighted by Crippen LogP contribution is 2.33. The van der Waals surface area contributed by atoms with Crippen LogP contribution in [-0.2, 0) is 33.3 Å². The number of nitrogen functional groups attached to an aromatic ring is 1. The number of esters is 3. The Morgan fingerprint density at radius 2 is 1.78 bits per heavy atom. The van der Waals surface area contributed by atoms with Crippen LogP contribution in [0.3, 0.4) is 0 Å². The molecule has 1 aliphatic heterocycles. The SMILES string of the molecule is CC(=O)OC[C@H]1O[C@@H](n2cc(F)c(N)nc2=O)[C@@H](OC(C)=O)[C@@H]1OC(C)=O. The summed E-state index contributed by atoms with van der Waals surface area (Å²) in [6, 6.07) is 0. The quantitative estimate of drug-likeness (QED) is 0.507. The van der Waals surface area contributed by atoms with Crippen molar-refractivity contribution in [1.29, 1.82) is 0 Å². The van der Waals surface area contributed by atoms with Gasteiger partial charge < -0.3 is 24.7 Å². The van der Waals surface area contributed by atoms with Gasteiger partial charge in [-0.25, -0.2) is 9.18 Å². The molecular formula is C15H18FN3O8. The van der Waals surface area contributed by atoms with Crippen molar-refractivity contribution in [3.05, 3.63) is 22.5 Å². The number of carbonyl (C=O) groups is 3. The van der Waals surface area contributed by atoms with E-state index >= 15 is 0 Å². The molecule has 0 radical (unpaired) electrons. The number of hydrogen-bond acceptors (Lipinski definition) is 10. The fraction of sp³-hybridized carbons (Fsp3) is 0.533. The van der Waals surface area contributed by atoms with Gasteiger partial charge in [0.15, 0.2) is 30.1 Å². The number of carbonyl (C=O) groups excluding carboxylic acids is 3. The summed E-state index contributed by atoms with van der Waals surface area (Å²) in [6.45, 7) is 2.99. The van der Waals surface area contributed by atoms with Crippen molar-refractivity contribution in [2.45, 2.75) is 45.3 Å². The summed E-state index contributed by atoms with van der Waals surface area (Å²) < 4.78 is 35.2. The predicted octanol–water partition coefficient (Wildman–Crippen LogP) is -0.711. The van der Waals surface area contributed by atoms with Crippen LogP contribution in [-0.4, -0.2) is 52.4 Å². The molecule has 2 rings (SSSR count). The third kappa shape index (κ3) is 4.78. The summed E-state index contributed by atoms with van der Waals surface area (Å²) in [6.07, 6.45) is -4.29. The van der Waals surface area contributed by atoms with Gasteiger partial charge in [-0.15, -0.1) is 0 Å². The molecule has 0 unspecified atom stereocenters. The molecule has 0 bridgehead atoms. The molecular weight excluding hydrogens is 369 g/mol. The van der Waals surface area contributed by atoms with E-state index < -0.39 is 59.8 Å². The molecule has 11 nitrogen and oxygen atoms in total. The molecule has 1 aromatic heterocycles. The van der Waals surface area contributed by atoms with Gasteiger partial charge in [-0.1, -0.05) is 0 Å². The third-order valence-electron chi connectivity index (χ3n) is 3.55.